The van der Waals surface area contributed by atoms with Crippen LogP contribution in [0.4, 0.5) is 4.79 Å². The molecule has 0 aromatic heterocycles. The highest BCUT2D eigenvalue weighted by atomic mass is 16.5. The summed E-state index contributed by atoms with van der Waals surface area (Å²) in [6.07, 6.45) is 3.15. The molecule has 0 bridgehead atoms. The fraction of sp³-hybridized carbons (Fsp3) is 0.556. The van der Waals surface area contributed by atoms with Crippen LogP contribution in [0.25, 0.3) is 0 Å². The number of esters is 1. The second-order valence-corrected chi connectivity index (χ2v) is 5.91. The predicted octanol–water partition coefficient (Wildman–Crippen LogP) is 3.28. The van der Waals surface area contributed by atoms with Gasteiger partial charge in [0.15, 0.2) is 0 Å². The zero-order valence-electron chi connectivity index (χ0n) is 13.6. The average Bonchev–Trinajstić information content (AvgIpc) is 2.59. The number of rotatable bonds is 6. The molecular formula is C18H25NO4. The largest absolute Gasteiger partial charge is 0.466 e. The minimum Gasteiger partial charge on any atom is -0.466 e. The van der Waals surface area contributed by atoms with Crippen molar-refractivity contribution in [1.29, 1.82) is 0 Å². The smallest absolute Gasteiger partial charge is 0.407 e. The number of amides is 1. The summed E-state index contributed by atoms with van der Waals surface area (Å²) in [5.41, 5.74) is 0.970. The summed E-state index contributed by atoms with van der Waals surface area (Å²) in [6, 6.07) is 9.60. The van der Waals surface area contributed by atoms with Crippen molar-refractivity contribution in [3.63, 3.8) is 0 Å². The molecule has 0 radical (unpaired) electrons. The minimum absolute atomic E-state index is 0.0243. The summed E-state index contributed by atoms with van der Waals surface area (Å²) in [5, 5.41) is 2.81. The van der Waals surface area contributed by atoms with E-state index in [0.29, 0.717) is 19.1 Å². The maximum absolute atomic E-state index is 11.7. The van der Waals surface area contributed by atoms with Crippen LogP contribution in [0.1, 0.15) is 38.2 Å². The summed E-state index contributed by atoms with van der Waals surface area (Å²) < 4.78 is 10.2. The van der Waals surface area contributed by atoms with E-state index in [4.69, 9.17) is 9.47 Å². The topological polar surface area (TPSA) is 64.6 Å². The molecule has 0 atom stereocenters. The van der Waals surface area contributed by atoms with Crippen LogP contribution in [0.5, 0.6) is 0 Å². The van der Waals surface area contributed by atoms with Crippen molar-refractivity contribution in [1.82, 2.24) is 5.32 Å². The number of hydrogen-bond donors (Lipinski definition) is 1. The summed E-state index contributed by atoms with van der Waals surface area (Å²) in [6.45, 7) is 3.15. The van der Waals surface area contributed by atoms with Gasteiger partial charge in [0.2, 0.25) is 0 Å². The van der Waals surface area contributed by atoms with E-state index in [1.165, 1.54) is 0 Å². The first-order chi connectivity index (χ1) is 11.2. The summed E-state index contributed by atoms with van der Waals surface area (Å²) in [4.78, 5) is 23.4. The number of benzene rings is 1. The highest BCUT2D eigenvalue weighted by Crippen LogP contribution is 2.29. The standard InChI is InChI=1S/C18H25NO4/c1-2-22-17(20)16-10-8-14(9-11-16)12-19-18(21)23-13-15-6-4-3-5-7-15/h3-7,14,16H,2,8-13H2,1H3,(H,19,21)/t14-,16-. The van der Waals surface area contributed by atoms with Crippen LogP contribution in [-0.4, -0.2) is 25.2 Å². The van der Waals surface area contributed by atoms with Gasteiger partial charge in [-0.15, -0.1) is 0 Å². The third-order valence-electron chi connectivity index (χ3n) is 4.21. The zero-order chi connectivity index (χ0) is 16.5. The molecule has 1 saturated carbocycles. The molecule has 5 heteroatoms. The Morgan fingerprint density at radius 3 is 2.43 bits per heavy atom. The molecule has 0 spiro atoms. The van der Waals surface area contributed by atoms with E-state index < -0.39 is 0 Å². The van der Waals surface area contributed by atoms with E-state index in [9.17, 15) is 9.59 Å². The number of carbonyl (C=O) groups excluding carboxylic acids is 2. The minimum atomic E-state index is -0.388. The number of alkyl carbamates (subject to hydrolysis) is 1. The lowest BCUT2D eigenvalue weighted by molar-refractivity contribution is -0.149. The van der Waals surface area contributed by atoms with Gasteiger partial charge < -0.3 is 14.8 Å². The Morgan fingerprint density at radius 1 is 1.09 bits per heavy atom. The third kappa shape index (κ3) is 5.93. The summed E-state index contributed by atoms with van der Waals surface area (Å²) >= 11 is 0. The van der Waals surface area contributed by atoms with E-state index in [1.807, 2.05) is 37.3 Å². The average molecular weight is 319 g/mol. The first-order valence-electron chi connectivity index (χ1n) is 8.30. The van der Waals surface area contributed by atoms with Gasteiger partial charge in [-0.2, -0.15) is 0 Å². The SMILES string of the molecule is CCOC(=O)[C@H]1CC[C@H](CNC(=O)OCc2ccccc2)CC1. The van der Waals surface area contributed by atoms with E-state index in [1.54, 1.807) is 0 Å². The number of nitrogens with one attached hydrogen (secondary N) is 1. The van der Waals surface area contributed by atoms with Crippen molar-refractivity contribution in [3.8, 4) is 0 Å². The van der Waals surface area contributed by atoms with Crippen LogP contribution in [0.3, 0.4) is 0 Å². The molecule has 1 aromatic rings. The van der Waals surface area contributed by atoms with Gasteiger partial charge in [-0.25, -0.2) is 4.79 Å². The lowest BCUT2D eigenvalue weighted by atomic mass is 9.82. The van der Waals surface area contributed by atoms with Crippen molar-refractivity contribution in [2.75, 3.05) is 13.2 Å². The molecule has 23 heavy (non-hydrogen) atoms. The number of ether oxygens (including phenoxy) is 2. The Balaban J connectivity index is 1.61. The van der Waals surface area contributed by atoms with Crippen LogP contribution in [0, 0.1) is 11.8 Å². The zero-order valence-corrected chi connectivity index (χ0v) is 13.6. The number of carbonyl (C=O) groups is 2. The van der Waals surface area contributed by atoms with Gasteiger partial charge >= 0.3 is 12.1 Å². The normalized spacial score (nSPS) is 20.6. The Hall–Kier alpha value is -2.04. The van der Waals surface area contributed by atoms with E-state index in [2.05, 4.69) is 5.32 Å². The molecule has 1 N–H and O–H groups in total. The van der Waals surface area contributed by atoms with Gasteiger partial charge in [0.05, 0.1) is 12.5 Å². The van der Waals surface area contributed by atoms with Crippen molar-refractivity contribution in [2.24, 2.45) is 11.8 Å². The fourth-order valence-electron chi connectivity index (χ4n) is 2.86. The van der Waals surface area contributed by atoms with Crippen LogP contribution in [0.2, 0.25) is 0 Å². The molecule has 1 aliphatic carbocycles. The van der Waals surface area contributed by atoms with Crippen molar-refractivity contribution < 1.29 is 19.1 Å². The second kappa shape index (κ2) is 9.18. The summed E-state index contributed by atoms with van der Waals surface area (Å²) in [7, 11) is 0. The molecule has 0 saturated heterocycles. The van der Waals surface area contributed by atoms with E-state index >= 15 is 0 Å². The molecular weight excluding hydrogens is 294 g/mol. The molecule has 1 fully saturated rings. The van der Waals surface area contributed by atoms with Gasteiger partial charge in [-0.05, 0) is 44.1 Å². The molecule has 1 amide bonds. The summed E-state index contributed by atoms with van der Waals surface area (Å²) in [5.74, 6) is 0.349. The lowest BCUT2D eigenvalue weighted by Gasteiger charge is -2.27. The first-order valence-corrected chi connectivity index (χ1v) is 8.30. The molecule has 5 nitrogen and oxygen atoms in total. The molecule has 0 aliphatic heterocycles. The van der Waals surface area contributed by atoms with Crippen molar-refractivity contribution >= 4 is 12.1 Å². The molecule has 1 aliphatic rings. The maximum Gasteiger partial charge on any atom is 0.407 e. The van der Waals surface area contributed by atoms with Crippen LogP contribution in [0.15, 0.2) is 30.3 Å². The van der Waals surface area contributed by atoms with Gasteiger partial charge in [-0.3, -0.25) is 4.79 Å². The third-order valence-corrected chi connectivity index (χ3v) is 4.21. The molecule has 126 valence electrons. The molecule has 1 aromatic carbocycles. The van der Waals surface area contributed by atoms with Gasteiger partial charge in [-0.1, -0.05) is 30.3 Å². The Bertz CT molecular complexity index is 495. The molecule has 0 heterocycles. The van der Waals surface area contributed by atoms with Crippen LogP contribution >= 0.6 is 0 Å². The molecule has 2 rings (SSSR count). The number of hydrogen-bond acceptors (Lipinski definition) is 4. The Kier molecular flexibility index (Phi) is 6.91. The van der Waals surface area contributed by atoms with Crippen LogP contribution < -0.4 is 5.32 Å². The van der Waals surface area contributed by atoms with Crippen LogP contribution in [-0.2, 0) is 20.9 Å². The quantitative estimate of drug-likeness (QED) is 0.817. The lowest BCUT2D eigenvalue weighted by Crippen LogP contribution is -2.33. The van der Waals surface area contributed by atoms with Crippen molar-refractivity contribution in [3.05, 3.63) is 35.9 Å². The van der Waals surface area contributed by atoms with Gasteiger partial charge in [0, 0.05) is 6.54 Å². The second-order valence-electron chi connectivity index (χ2n) is 5.91. The molecule has 0 unspecified atom stereocenters. The van der Waals surface area contributed by atoms with Gasteiger partial charge in [0.25, 0.3) is 0 Å². The van der Waals surface area contributed by atoms with E-state index in [-0.39, 0.29) is 24.6 Å². The van der Waals surface area contributed by atoms with Crippen molar-refractivity contribution in [2.45, 2.75) is 39.2 Å². The highest BCUT2D eigenvalue weighted by molar-refractivity contribution is 5.72. The van der Waals surface area contributed by atoms with Gasteiger partial charge in [0.1, 0.15) is 6.61 Å². The van der Waals surface area contributed by atoms with E-state index in [0.717, 1.165) is 31.2 Å². The maximum atomic E-state index is 11.7. The monoisotopic (exact) mass is 319 g/mol. The predicted molar refractivity (Wildman–Crippen MR) is 86.7 cm³/mol. The Morgan fingerprint density at radius 2 is 1.78 bits per heavy atom. The first kappa shape index (κ1) is 17.3. The highest BCUT2D eigenvalue weighted by Gasteiger charge is 2.27. The fourth-order valence-corrected chi connectivity index (χ4v) is 2.86. The Labute approximate surface area is 137 Å².